The first-order valence-corrected chi connectivity index (χ1v) is 11.4. The number of benzene rings is 3. The van der Waals surface area contributed by atoms with Gasteiger partial charge in [-0.05, 0) is 61.0 Å². The van der Waals surface area contributed by atoms with Crippen molar-refractivity contribution in [2.45, 2.75) is 11.8 Å². The number of nitrogens with one attached hydrogen (secondary N) is 1. The van der Waals surface area contributed by atoms with Crippen LogP contribution in [0.5, 0.6) is 0 Å². The first-order valence-electron chi connectivity index (χ1n) is 9.18. The Kier molecular flexibility index (Phi) is 7.33. The van der Waals surface area contributed by atoms with E-state index in [1.54, 1.807) is 48.5 Å². The Hall–Kier alpha value is -2.87. The number of carbonyl (C=O) groups is 1. The van der Waals surface area contributed by atoms with Crippen LogP contribution in [0.1, 0.15) is 11.1 Å². The second-order valence-corrected chi connectivity index (χ2v) is 9.38. The Morgan fingerprint density at radius 2 is 1.48 bits per heavy atom. The summed E-state index contributed by atoms with van der Waals surface area (Å²) in [5, 5.41) is 4.89. The number of sulfonamides is 1. The average molecular weight is 476 g/mol. The molecule has 3 aromatic rings. The van der Waals surface area contributed by atoms with Crippen LogP contribution in [-0.2, 0) is 14.8 Å². The van der Waals surface area contributed by atoms with Gasteiger partial charge in [0.15, 0.2) is 0 Å². The first kappa shape index (κ1) is 22.8. The van der Waals surface area contributed by atoms with Crippen molar-refractivity contribution >= 4 is 51.0 Å². The number of halogens is 2. The van der Waals surface area contributed by atoms with Gasteiger partial charge < -0.3 is 0 Å². The zero-order valence-corrected chi connectivity index (χ0v) is 18.8. The molecule has 0 saturated carbocycles. The minimum atomic E-state index is -4.01. The molecule has 0 bridgehead atoms. The number of rotatable bonds is 7. The van der Waals surface area contributed by atoms with E-state index in [0.29, 0.717) is 15.7 Å². The van der Waals surface area contributed by atoms with E-state index in [0.717, 1.165) is 15.4 Å². The Bertz CT molecular complexity index is 1180. The smallest absolute Gasteiger partial charge is 0.264 e. The van der Waals surface area contributed by atoms with Gasteiger partial charge in [0.05, 0.1) is 16.8 Å². The van der Waals surface area contributed by atoms with Crippen LogP contribution in [0.3, 0.4) is 0 Å². The average Bonchev–Trinajstić information content (AvgIpc) is 2.74. The molecule has 0 atom stereocenters. The molecule has 9 heteroatoms. The molecule has 0 heterocycles. The summed E-state index contributed by atoms with van der Waals surface area (Å²) in [6.45, 7) is 1.44. The van der Waals surface area contributed by atoms with Crippen molar-refractivity contribution in [1.29, 1.82) is 0 Å². The zero-order valence-electron chi connectivity index (χ0n) is 16.5. The Morgan fingerprint density at radius 3 is 2.06 bits per heavy atom. The minimum Gasteiger partial charge on any atom is -0.271 e. The Labute approximate surface area is 191 Å². The van der Waals surface area contributed by atoms with Crippen LogP contribution >= 0.6 is 23.2 Å². The van der Waals surface area contributed by atoms with E-state index in [1.165, 1.54) is 30.5 Å². The summed E-state index contributed by atoms with van der Waals surface area (Å²) in [6, 6.07) is 19.5. The monoisotopic (exact) mass is 475 g/mol. The number of nitrogens with zero attached hydrogens (tertiary/aromatic N) is 2. The molecule has 1 amide bonds. The fourth-order valence-corrected chi connectivity index (χ4v) is 4.33. The highest BCUT2D eigenvalue weighted by Crippen LogP contribution is 2.25. The third-order valence-corrected chi connectivity index (χ3v) is 6.58. The van der Waals surface area contributed by atoms with Gasteiger partial charge in [-0.15, -0.1) is 0 Å². The molecule has 0 aliphatic rings. The zero-order chi connectivity index (χ0) is 22.4. The van der Waals surface area contributed by atoms with Crippen molar-refractivity contribution in [3.05, 3.63) is 94.0 Å². The van der Waals surface area contributed by atoms with E-state index in [9.17, 15) is 13.2 Å². The summed E-state index contributed by atoms with van der Waals surface area (Å²) in [6.07, 6.45) is 1.44. The molecule has 31 heavy (non-hydrogen) atoms. The number of anilines is 1. The number of hydrazone groups is 1. The van der Waals surface area contributed by atoms with Gasteiger partial charge in [0.25, 0.3) is 15.9 Å². The SMILES string of the molecule is Cc1ccc(N(CC(=O)N/N=C\c2ccc(Cl)cc2)S(=O)(=O)c2ccc(Cl)cc2)cc1. The molecule has 3 rings (SSSR count). The lowest BCUT2D eigenvalue weighted by Gasteiger charge is -2.23. The van der Waals surface area contributed by atoms with Gasteiger partial charge in [0, 0.05) is 10.0 Å². The molecule has 0 aliphatic heterocycles. The summed E-state index contributed by atoms with van der Waals surface area (Å²) < 4.78 is 27.5. The van der Waals surface area contributed by atoms with Crippen molar-refractivity contribution in [3.63, 3.8) is 0 Å². The summed E-state index contributed by atoms with van der Waals surface area (Å²) in [4.78, 5) is 12.5. The maximum Gasteiger partial charge on any atom is 0.264 e. The number of hydrogen-bond donors (Lipinski definition) is 1. The predicted molar refractivity (Wildman–Crippen MR) is 124 cm³/mol. The minimum absolute atomic E-state index is 0.0231. The largest absolute Gasteiger partial charge is 0.271 e. The second-order valence-electron chi connectivity index (χ2n) is 6.65. The molecule has 0 aliphatic carbocycles. The van der Waals surface area contributed by atoms with E-state index in [2.05, 4.69) is 10.5 Å². The highest BCUT2D eigenvalue weighted by atomic mass is 35.5. The molecule has 0 spiro atoms. The lowest BCUT2D eigenvalue weighted by molar-refractivity contribution is -0.119. The van der Waals surface area contributed by atoms with Gasteiger partial charge in [0.1, 0.15) is 6.54 Å². The molecule has 0 aromatic heterocycles. The molecule has 3 aromatic carbocycles. The first-order chi connectivity index (χ1) is 14.8. The maximum atomic E-state index is 13.2. The van der Waals surface area contributed by atoms with Gasteiger partial charge in [-0.1, -0.05) is 53.0 Å². The van der Waals surface area contributed by atoms with Gasteiger partial charge in [-0.2, -0.15) is 5.10 Å². The lowest BCUT2D eigenvalue weighted by atomic mass is 10.2. The topological polar surface area (TPSA) is 78.8 Å². The normalized spacial score (nSPS) is 11.5. The number of carbonyl (C=O) groups excluding carboxylic acids is 1. The van der Waals surface area contributed by atoms with E-state index in [1.807, 2.05) is 6.92 Å². The molecule has 1 N–H and O–H groups in total. The summed E-state index contributed by atoms with van der Waals surface area (Å²) in [5.74, 6) is -0.594. The van der Waals surface area contributed by atoms with Gasteiger partial charge in [-0.25, -0.2) is 13.8 Å². The Morgan fingerprint density at radius 1 is 0.935 bits per heavy atom. The summed E-state index contributed by atoms with van der Waals surface area (Å²) >= 11 is 11.7. The van der Waals surface area contributed by atoms with Crippen LogP contribution in [0.15, 0.2) is 82.8 Å². The summed E-state index contributed by atoms with van der Waals surface area (Å²) in [5.41, 5.74) is 4.41. The van der Waals surface area contributed by atoms with E-state index >= 15 is 0 Å². The van der Waals surface area contributed by atoms with Gasteiger partial charge in [0.2, 0.25) is 0 Å². The van der Waals surface area contributed by atoms with Crippen molar-refractivity contribution in [1.82, 2.24) is 5.43 Å². The van der Waals surface area contributed by atoms with E-state index in [4.69, 9.17) is 23.2 Å². The highest BCUT2D eigenvalue weighted by Gasteiger charge is 2.27. The molecule has 0 saturated heterocycles. The molecule has 0 radical (unpaired) electrons. The van der Waals surface area contributed by atoms with Crippen LogP contribution < -0.4 is 9.73 Å². The van der Waals surface area contributed by atoms with Crippen molar-refractivity contribution in [2.24, 2.45) is 5.10 Å². The number of aryl methyl sites for hydroxylation is 1. The van der Waals surface area contributed by atoms with Crippen molar-refractivity contribution < 1.29 is 13.2 Å². The van der Waals surface area contributed by atoms with Crippen LogP contribution in [-0.4, -0.2) is 27.1 Å². The number of amides is 1. The van der Waals surface area contributed by atoms with Crippen LogP contribution in [0.2, 0.25) is 10.0 Å². The van der Waals surface area contributed by atoms with Gasteiger partial charge >= 0.3 is 0 Å². The Balaban J connectivity index is 1.82. The molecule has 6 nitrogen and oxygen atoms in total. The lowest BCUT2D eigenvalue weighted by Crippen LogP contribution is -2.39. The van der Waals surface area contributed by atoms with E-state index in [-0.39, 0.29) is 4.90 Å². The second kappa shape index (κ2) is 9.96. The van der Waals surface area contributed by atoms with Crippen molar-refractivity contribution in [3.8, 4) is 0 Å². The quantitative estimate of drug-likeness (QED) is 0.399. The van der Waals surface area contributed by atoms with Crippen LogP contribution in [0.4, 0.5) is 5.69 Å². The van der Waals surface area contributed by atoms with Crippen molar-refractivity contribution in [2.75, 3.05) is 10.8 Å². The fourth-order valence-electron chi connectivity index (χ4n) is 2.65. The summed E-state index contributed by atoms with van der Waals surface area (Å²) in [7, 11) is -4.01. The molecular formula is C22H19Cl2N3O3S. The molecular weight excluding hydrogens is 457 g/mol. The standard InChI is InChI=1S/C22H19Cl2N3O3S/c1-16-2-10-20(11-3-16)27(31(29,30)21-12-8-19(24)9-13-21)15-22(28)26-25-14-17-4-6-18(23)7-5-17/h2-14H,15H2,1H3,(H,26,28)/b25-14-. The molecule has 0 fully saturated rings. The van der Waals surface area contributed by atoms with Crippen LogP contribution in [0.25, 0.3) is 0 Å². The van der Waals surface area contributed by atoms with Crippen LogP contribution in [0, 0.1) is 6.92 Å². The maximum absolute atomic E-state index is 13.2. The number of hydrogen-bond acceptors (Lipinski definition) is 4. The molecule has 160 valence electrons. The predicted octanol–water partition coefficient (Wildman–Crippen LogP) is 4.65. The molecule has 0 unspecified atom stereocenters. The van der Waals surface area contributed by atoms with E-state index < -0.39 is 22.5 Å². The third kappa shape index (κ3) is 6.07. The fraction of sp³-hybridized carbons (Fsp3) is 0.0909. The highest BCUT2D eigenvalue weighted by molar-refractivity contribution is 7.92. The third-order valence-electron chi connectivity index (χ3n) is 4.28. The van der Waals surface area contributed by atoms with Gasteiger partial charge in [-0.3, -0.25) is 9.10 Å².